The first-order chi connectivity index (χ1) is 8.08. The highest BCUT2D eigenvalue weighted by molar-refractivity contribution is 6.03. The van der Waals surface area contributed by atoms with Crippen molar-refractivity contribution in [3.05, 3.63) is 23.6 Å². The average Bonchev–Trinajstić information content (AvgIpc) is 2.68. The molecule has 0 aliphatic carbocycles. The van der Waals surface area contributed by atoms with Crippen molar-refractivity contribution < 1.29 is 9.18 Å². The van der Waals surface area contributed by atoms with Crippen LogP contribution in [0.2, 0.25) is 0 Å². The first-order valence-electron chi connectivity index (χ1n) is 4.53. The molecule has 17 heavy (non-hydrogen) atoms. The highest BCUT2D eigenvalue weighted by Gasteiger charge is 2.16. The Morgan fingerprint density at radius 3 is 3.00 bits per heavy atom. The Balaban J connectivity index is 2.23. The van der Waals surface area contributed by atoms with Crippen molar-refractivity contribution in [1.82, 2.24) is 25.2 Å². The number of hydrogen-bond donors (Lipinski definition) is 2. The number of tetrazole rings is 1. The summed E-state index contributed by atoms with van der Waals surface area (Å²) in [5.74, 6) is -1.96. The van der Waals surface area contributed by atoms with E-state index in [1.807, 2.05) is 0 Å². The molecule has 2 aromatic rings. The van der Waals surface area contributed by atoms with Gasteiger partial charge < -0.3 is 5.73 Å². The van der Waals surface area contributed by atoms with Crippen LogP contribution in [0, 0.1) is 5.82 Å². The Morgan fingerprint density at radius 2 is 2.35 bits per heavy atom. The van der Waals surface area contributed by atoms with Crippen molar-refractivity contribution in [2.75, 3.05) is 11.1 Å². The first kappa shape index (κ1) is 10.9. The summed E-state index contributed by atoms with van der Waals surface area (Å²) in [7, 11) is 1.54. The normalized spacial score (nSPS) is 10.2. The molecule has 2 rings (SSSR count). The highest BCUT2D eigenvalue weighted by atomic mass is 19.1. The number of halogens is 1. The molecule has 0 aromatic carbocycles. The third kappa shape index (κ3) is 2.17. The molecule has 9 heteroatoms. The number of rotatable bonds is 2. The molecule has 0 aliphatic heterocycles. The number of nitrogens with zero attached hydrogens (tertiary/aromatic N) is 5. The number of nitrogens with two attached hydrogens (primary N) is 1. The van der Waals surface area contributed by atoms with Gasteiger partial charge in [0.05, 0.1) is 12.6 Å². The van der Waals surface area contributed by atoms with E-state index in [1.54, 1.807) is 0 Å². The van der Waals surface area contributed by atoms with Gasteiger partial charge in [-0.2, -0.15) is 4.80 Å². The molecule has 2 heterocycles. The molecule has 0 fully saturated rings. The number of carbonyl (C=O) groups is 1. The van der Waals surface area contributed by atoms with Gasteiger partial charge in [0.25, 0.3) is 11.9 Å². The van der Waals surface area contributed by atoms with E-state index in [9.17, 15) is 9.18 Å². The molecule has 8 nitrogen and oxygen atoms in total. The minimum absolute atomic E-state index is 0.0210. The van der Waals surface area contributed by atoms with Gasteiger partial charge in [-0.25, -0.2) is 9.37 Å². The van der Waals surface area contributed by atoms with E-state index in [4.69, 9.17) is 5.73 Å². The van der Waals surface area contributed by atoms with Crippen molar-refractivity contribution in [2.24, 2.45) is 7.05 Å². The number of carbonyl (C=O) groups excluding carboxylic acids is 1. The molecule has 3 N–H and O–H groups in total. The topological polar surface area (TPSA) is 112 Å². The van der Waals surface area contributed by atoms with Crippen LogP contribution in [0.25, 0.3) is 0 Å². The second-order valence-corrected chi connectivity index (χ2v) is 3.11. The van der Waals surface area contributed by atoms with Crippen LogP contribution in [0.1, 0.15) is 10.4 Å². The molecule has 0 saturated carbocycles. The summed E-state index contributed by atoms with van der Waals surface area (Å²) in [4.78, 5) is 16.3. The van der Waals surface area contributed by atoms with Crippen LogP contribution in [0.5, 0.6) is 0 Å². The van der Waals surface area contributed by atoms with Gasteiger partial charge in [0, 0.05) is 6.20 Å². The summed E-state index contributed by atoms with van der Waals surface area (Å²) in [5, 5.41) is 13.0. The lowest BCUT2D eigenvalue weighted by molar-refractivity contribution is 0.102. The smallest absolute Gasteiger partial charge is 0.270 e. The van der Waals surface area contributed by atoms with Crippen molar-refractivity contribution in [2.45, 2.75) is 0 Å². The SMILES string of the molecule is Cn1nnc(NC(=O)c2ccnc(N)c2F)n1. The van der Waals surface area contributed by atoms with Gasteiger partial charge in [0.2, 0.25) is 0 Å². The number of anilines is 2. The van der Waals surface area contributed by atoms with Crippen molar-refractivity contribution in [3.8, 4) is 0 Å². The molecule has 1 amide bonds. The lowest BCUT2D eigenvalue weighted by atomic mass is 10.2. The van der Waals surface area contributed by atoms with Gasteiger partial charge in [-0.15, -0.1) is 5.10 Å². The number of aromatic nitrogens is 5. The molecule has 0 bridgehead atoms. The van der Waals surface area contributed by atoms with E-state index in [1.165, 1.54) is 19.3 Å². The van der Waals surface area contributed by atoms with Crippen LogP contribution in [-0.4, -0.2) is 31.1 Å². The van der Waals surface area contributed by atoms with E-state index in [0.717, 1.165) is 4.80 Å². The van der Waals surface area contributed by atoms with Crippen molar-refractivity contribution in [1.29, 1.82) is 0 Å². The second kappa shape index (κ2) is 4.12. The lowest BCUT2D eigenvalue weighted by Gasteiger charge is -2.03. The van der Waals surface area contributed by atoms with E-state index in [2.05, 4.69) is 25.7 Å². The molecular weight excluding hydrogens is 229 g/mol. The van der Waals surface area contributed by atoms with Crippen LogP contribution < -0.4 is 11.1 Å². The number of aryl methyl sites for hydroxylation is 1. The molecular formula is C8H8FN7O. The van der Waals surface area contributed by atoms with Gasteiger partial charge in [0.1, 0.15) is 0 Å². The van der Waals surface area contributed by atoms with E-state index < -0.39 is 11.7 Å². The predicted octanol–water partition coefficient (Wildman–Crippen LogP) is -0.421. The van der Waals surface area contributed by atoms with Gasteiger partial charge in [0.15, 0.2) is 11.6 Å². The number of nitrogens with one attached hydrogen (secondary N) is 1. The fourth-order valence-corrected chi connectivity index (χ4v) is 1.14. The molecule has 0 radical (unpaired) electrons. The Labute approximate surface area is 94.6 Å². The quantitative estimate of drug-likeness (QED) is 0.733. The van der Waals surface area contributed by atoms with E-state index >= 15 is 0 Å². The van der Waals surface area contributed by atoms with Crippen LogP contribution in [0.15, 0.2) is 12.3 Å². The van der Waals surface area contributed by atoms with Crippen molar-refractivity contribution in [3.63, 3.8) is 0 Å². The zero-order valence-electron chi connectivity index (χ0n) is 8.75. The standard InChI is InChI=1S/C8H8FN7O/c1-16-14-8(13-15-16)12-7(17)4-2-3-11-6(10)5(4)9/h2-3H,1H3,(H2,10,11)(H,12,14,17). The predicted molar refractivity (Wildman–Crippen MR) is 55.4 cm³/mol. The van der Waals surface area contributed by atoms with Gasteiger partial charge in [-0.3, -0.25) is 10.1 Å². The fourth-order valence-electron chi connectivity index (χ4n) is 1.14. The Kier molecular flexibility index (Phi) is 2.65. The maximum absolute atomic E-state index is 13.5. The minimum Gasteiger partial charge on any atom is -0.381 e. The number of hydrogen-bond acceptors (Lipinski definition) is 6. The summed E-state index contributed by atoms with van der Waals surface area (Å²) in [6.07, 6.45) is 1.23. The maximum Gasteiger partial charge on any atom is 0.270 e. The van der Waals surface area contributed by atoms with Crippen LogP contribution in [0.3, 0.4) is 0 Å². The zero-order valence-corrected chi connectivity index (χ0v) is 8.75. The molecule has 0 spiro atoms. The Morgan fingerprint density at radius 1 is 1.59 bits per heavy atom. The molecule has 0 aliphatic rings. The summed E-state index contributed by atoms with van der Waals surface area (Å²) in [5.41, 5.74) is 5.01. The minimum atomic E-state index is -0.881. The Bertz CT molecular complexity index is 567. The summed E-state index contributed by atoms with van der Waals surface area (Å²) in [6.45, 7) is 0. The number of nitrogen functional groups attached to an aromatic ring is 1. The molecule has 88 valence electrons. The lowest BCUT2D eigenvalue weighted by Crippen LogP contribution is -2.16. The average molecular weight is 237 g/mol. The van der Waals surface area contributed by atoms with Crippen LogP contribution >= 0.6 is 0 Å². The van der Waals surface area contributed by atoms with Gasteiger partial charge >= 0.3 is 0 Å². The zero-order chi connectivity index (χ0) is 12.4. The first-order valence-corrected chi connectivity index (χ1v) is 4.53. The largest absolute Gasteiger partial charge is 0.381 e. The highest BCUT2D eigenvalue weighted by Crippen LogP contribution is 2.12. The van der Waals surface area contributed by atoms with Crippen molar-refractivity contribution >= 4 is 17.7 Å². The summed E-state index contributed by atoms with van der Waals surface area (Å²) < 4.78 is 13.5. The van der Waals surface area contributed by atoms with Gasteiger partial charge in [-0.05, 0) is 11.3 Å². The fraction of sp³-hybridized carbons (Fsp3) is 0.125. The molecule has 0 atom stereocenters. The second-order valence-electron chi connectivity index (χ2n) is 3.11. The monoisotopic (exact) mass is 237 g/mol. The molecule has 0 unspecified atom stereocenters. The van der Waals surface area contributed by atoms with Crippen LogP contribution in [0.4, 0.5) is 16.2 Å². The van der Waals surface area contributed by atoms with E-state index in [0.29, 0.717) is 0 Å². The number of amides is 1. The van der Waals surface area contributed by atoms with E-state index in [-0.39, 0.29) is 17.3 Å². The summed E-state index contributed by atoms with van der Waals surface area (Å²) >= 11 is 0. The number of pyridine rings is 1. The third-order valence-electron chi connectivity index (χ3n) is 1.89. The maximum atomic E-state index is 13.5. The third-order valence-corrected chi connectivity index (χ3v) is 1.89. The summed E-state index contributed by atoms with van der Waals surface area (Å²) in [6, 6.07) is 1.21. The molecule has 2 aromatic heterocycles. The Hall–Kier alpha value is -2.58. The molecule has 0 saturated heterocycles. The van der Waals surface area contributed by atoms with Gasteiger partial charge in [-0.1, -0.05) is 5.10 Å². The van der Waals surface area contributed by atoms with Crippen LogP contribution in [-0.2, 0) is 7.05 Å².